The van der Waals surface area contributed by atoms with Crippen molar-refractivity contribution in [3.05, 3.63) is 39.9 Å². The van der Waals surface area contributed by atoms with E-state index < -0.39 is 11.8 Å². The summed E-state index contributed by atoms with van der Waals surface area (Å²) in [5, 5.41) is 3.10. The van der Waals surface area contributed by atoms with E-state index in [1.54, 1.807) is 4.90 Å². The summed E-state index contributed by atoms with van der Waals surface area (Å²) in [6, 6.07) is 6.27. The van der Waals surface area contributed by atoms with Crippen LogP contribution in [0.1, 0.15) is 21.7 Å². The number of carbonyl (C=O) groups is 2. The first-order valence-electron chi connectivity index (χ1n) is 8.72. The fourth-order valence-electron chi connectivity index (χ4n) is 3.05. The highest BCUT2D eigenvalue weighted by atomic mass is 32.1. The number of benzene rings is 1. The maximum absolute atomic E-state index is 12.4. The van der Waals surface area contributed by atoms with E-state index in [0.29, 0.717) is 18.2 Å². The minimum absolute atomic E-state index is 0.479. The molecule has 0 saturated carbocycles. The van der Waals surface area contributed by atoms with E-state index in [9.17, 15) is 9.59 Å². The fourth-order valence-corrected chi connectivity index (χ4v) is 3.86. The van der Waals surface area contributed by atoms with Crippen LogP contribution in [0.25, 0.3) is 0 Å². The van der Waals surface area contributed by atoms with Gasteiger partial charge < -0.3 is 9.80 Å². The molecule has 6 nitrogen and oxygen atoms in total. The van der Waals surface area contributed by atoms with Crippen molar-refractivity contribution in [2.75, 3.05) is 36.4 Å². The van der Waals surface area contributed by atoms with E-state index >= 15 is 0 Å². The lowest BCUT2D eigenvalue weighted by Crippen LogP contribution is -2.51. The Morgan fingerprint density at radius 1 is 1.08 bits per heavy atom. The second-order valence-electron chi connectivity index (χ2n) is 6.61. The number of rotatable bonds is 2. The molecule has 138 valence electrons. The maximum atomic E-state index is 12.4. The molecule has 2 heterocycles. The first-order chi connectivity index (χ1) is 12.4. The van der Waals surface area contributed by atoms with Gasteiger partial charge in [0, 0.05) is 36.7 Å². The van der Waals surface area contributed by atoms with Gasteiger partial charge in [0.1, 0.15) is 0 Å². The first-order valence-corrected chi connectivity index (χ1v) is 9.54. The lowest BCUT2D eigenvalue weighted by atomic mass is 10.1. The number of carbonyl (C=O) groups excluding carboxylic acids is 2. The Kier molecular flexibility index (Phi) is 5.27. The highest BCUT2D eigenvalue weighted by Crippen LogP contribution is 2.24. The summed E-state index contributed by atoms with van der Waals surface area (Å²) in [7, 11) is 0. The van der Waals surface area contributed by atoms with Crippen molar-refractivity contribution in [2.24, 2.45) is 0 Å². The van der Waals surface area contributed by atoms with Crippen LogP contribution in [0.4, 0.5) is 10.8 Å². The van der Waals surface area contributed by atoms with Crippen LogP contribution in [0.2, 0.25) is 0 Å². The lowest BCUT2D eigenvalue weighted by Gasteiger charge is -2.36. The molecule has 7 heteroatoms. The molecule has 1 N–H and O–H groups in total. The van der Waals surface area contributed by atoms with Crippen LogP contribution in [0.5, 0.6) is 0 Å². The van der Waals surface area contributed by atoms with Crippen LogP contribution in [-0.4, -0.2) is 47.9 Å². The highest BCUT2D eigenvalue weighted by Gasteiger charge is 2.27. The van der Waals surface area contributed by atoms with E-state index in [1.807, 2.05) is 13.8 Å². The number of hydrogen-bond donors (Lipinski definition) is 1. The minimum Gasteiger partial charge on any atom is -0.368 e. The van der Waals surface area contributed by atoms with Gasteiger partial charge in [-0.2, -0.15) is 0 Å². The topological polar surface area (TPSA) is 65.5 Å². The number of nitrogens with zero attached hydrogens (tertiary/aromatic N) is 3. The predicted molar refractivity (Wildman–Crippen MR) is 105 cm³/mol. The Bertz CT molecular complexity index is 819. The van der Waals surface area contributed by atoms with Gasteiger partial charge in [0.15, 0.2) is 5.13 Å². The van der Waals surface area contributed by atoms with E-state index in [0.717, 1.165) is 23.7 Å². The van der Waals surface area contributed by atoms with Gasteiger partial charge in [-0.05, 0) is 44.9 Å². The molecular weight excluding hydrogens is 348 g/mol. The standard InChI is InChI=1S/C19H24N4O2S/c1-12-6-5-7-16(13(12)2)22-8-10-23(11-9-22)18(25)17(24)21-19-20-14(3)15(4)26-19/h5-7H,8-11H2,1-4H3,(H,20,21,24). The molecule has 0 atom stereocenters. The zero-order chi connectivity index (χ0) is 18.8. The summed E-state index contributed by atoms with van der Waals surface area (Å²) in [6.07, 6.45) is 0. The Balaban J connectivity index is 1.59. The fraction of sp³-hybridized carbons (Fsp3) is 0.421. The molecule has 0 bridgehead atoms. The van der Waals surface area contributed by atoms with Gasteiger partial charge in [0.05, 0.1) is 5.69 Å². The number of amides is 2. The first kappa shape index (κ1) is 18.4. The second kappa shape index (κ2) is 7.45. The van der Waals surface area contributed by atoms with Crippen LogP contribution < -0.4 is 10.2 Å². The molecule has 2 aromatic rings. The summed E-state index contributed by atoms with van der Waals surface area (Å²) < 4.78 is 0. The number of piperazine rings is 1. The second-order valence-corrected chi connectivity index (χ2v) is 7.82. The van der Waals surface area contributed by atoms with Crippen LogP contribution in [0, 0.1) is 27.7 Å². The third-order valence-corrected chi connectivity index (χ3v) is 5.92. The van der Waals surface area contributed by atoms with E-state index in [1.165, 1.54) is 28.2 Å². The molecule has 1 aliphatic rings. The molecule has 0 spiro atoms. The summed E-state index contributed by atoms with van der Waals surface area (Å²) >= 11 is 1.39. The Morgan fingerprint density at radius 3 is 2.38 bits per heavy atom. The van der Waals surface area contributed by atoms with Crippen LogP contribution in [-0.2, 0) is 9.59 Å². The highest BCUT2D eigenvalue weighted by molar-refractivity contribution is 7.15. The number of aromatic nitrogens is 1. The van der Waals surface area contributed by atoms with Crippen LogP contribution in [0.15, 0.2) is 18.2 Å². The van der Waals surface area contributed by atoms with Gasteiger partial charge in [-0.3, -0.25) is 14.9 Å². The molecule has 1 saturated heterocycles. The Morgan fingerprint density at radius 2 is 1.77 bits per heavy atom. The summed E-state index contributed by atoms with van der Waals surface area (Å²) in [5.74, 6) is -1.10. The molecule has 3 rings (SSSR count). The number of thiazole rings is 1. The third kappa shape index (κ3) is 3.72. The van der Waals surface area contributed by atoms with Gasteiger partial charge in [0.25, 0.3) is 0 Å². The molecule has 0 aliphatic carbocycles. The van der Waals surface area contributed by atoms with Gasteiger partial charge in [-0.1, -0.05) is 12.1 Å². The molecule has 0 radical (unpaired) electrons. The predicted octanol–water partition coefficient (Wildman–Crippen LogP) is 2.66. The van der Waals surface area contributed by atoms with Crippen LogP contribution in [0.3, 0.4) is 0 Å². The van der Waals surface area contributed by atoms with Gasteiger partial charge in [-0.25, -0.2) is 4.98 Å². The molecule has 2 amide bonds. The SMILES string of the molecule is Cc1cccc(N2CCN(C(=O)C(=O)Nc3nc(C)c(C)s3)CC2)c1C. The summed E-state index contributed by atoms with van der Waals surface area (Å²) in [4.78, 5) is 33.8. The van der Waals surface area contributed by atoms with Crippen molar-refractivity contribution in [2.45, 2.75) is 27.7 Å². The molecular formula is C19H24N4O2S. The molecule has 0 unspecified atom stereocenters. The number of aryl methyl sites for hydroxylation is 3. The van der Waals surface area contributed by atoms with Gasteiger partial charge >= 0.3 is 11.8 Å². The van der Waals surface area contributed by atoms with Crippen molar-refractivity contribution >= 4 is 34.0 Å². The van der Waals surface area contributed by atoms with Crippen molar-refractivity contribution in [1.82, 2.24) is 9.88 Å². The number of hydrogen-bond acceptors (Lipinski definition) is 5. The molecule has 1 aromatic heterocycles. The zero-order valence-electron chi connectivity index (χ0n) is 15.6. The maximum Gasteiger partial charge on any atom is 0.315 e. The largest absolute Gasteiger partial charge is 0.368 e. The molecule has 1 aliphatic heterocycles. The van der Waals surface area contributed by atoms with Crippen molar-refractivity contribution in [3.63, 3.8) is 0 Å². The number of anilines is 2. The summed E-state index contributed by atoms with van der Waals surface area (Å²) in [5.41, 5.74) is 4.60. The van der Waals surface area contributed by atoms with Gasteiger partial charge in [0.2, 0.25) is 0 Å². The molecule has 1 aromatic carbocycles. The van der Waals surface area contributed by atoms with E-state index in [2.05, 4.69) is 47.2 Å². The average molecular weight is 372 g/mol. The normalized spacial score (nSPS) is 14.5. The minimum atomic E-state index is -0.612. The third-order valence-electron chi connectivity index (χ3n) is 4.93. The van der Waals surface area contributed by atoms with E-state index in [4.69, 9.17) is 0 Å². The van der Waals surface area contributed by atoms with Crippen molar-refractivity contribution in [1.29, 1.82) is 0 Å². The van der Waals surface area contributed by atoms with Crippen LogP contribution >= 0.6 is 11.3 Å². The van der Waals surface area contributed by atoms with Crippen molar-refractivity contribution in [3.8, 4) is 0 Å². The lowest BCUT2D eigenvalue weighted by molar-refractivity contribution is -0.143. The van der Waals surface area contributed by atoms with E-state index in [-0.39, 0.29) is 0 Å². The Labute approximate surface area is 157 Å². The molecule has 1 fully saturated rings. The smallest absolute Gasteiger partial charge is 0.315 e. The van der Waals surface area contributed by atoms with Gasteiger partial charge in [-0.15, -0.1) is 11.3 Å². The summed E-state index contributed by atoms with van der Waals surface area (Å²) in [6.45, 7) is 10.6. The van der Waals surface area contributed by atoms with Crippen molar-refractivity contribution < 1.29 is 9.59 Å². The average Bonchev–Trinajstić information content (AvgIpc) is 2.94. The molecule has 26 heavy (non-hydrogen) atoms. The number of nitrogens with one attached hydrogen (secondary N) is 1. The Hall–Kier alpha value is -2.41. The zero-order valence-corrected chi connectivity index (χ0v) is 16.4. The quantitative estimate of drug-likeness (QED) is 0.823. The monoisotopic (exact) mass is 372 g/mol.